The second-order valence-corrected chi connectivity index (χ2v) is 6.56. The van der Waals surface area contributed by atoms with Crippen LogP contribution >= 0.6 is 11.6 Å². The predicted octanol–water partition coefficient (Wildman–Crippen LogP) is 5.53. The van der Waals surface area contributed by atoms with E-state index in [-0.39, 0.29) is 12.2 Å². The van der Waals surface area contributed by atoms with Crippen molar-refractivity contribution in [2.45, 2.75) is 13.0 Å². The lowest BCUT2D eigenvalue weighted by Crippen LogP contribution is -2.25. The molecule has 1 unspecified atom stereocenters. The average molecular weight is 373 g/mol. The van der Waals surface area contributed by atoms with Crippen LogP contribution in [-0.2, 0) is 0 Å². The summed E-state index contributed by atoms with van der Waals surface area (Å²) >= 11 is 5.91. The van der Waals surface area contributed by atoms with Gasteiger partial charge in [-0.3, -0.25) is 0 Å². The summed E-state index contributed by atoms with van der Waals surface area (Å²) in [6.07, 6.45) is 1.72. The van der Waals surface area contributed by atoms with Crippen molar-refractivity contribution in [2.75, 3.05) is 11.9 Å². The van der Waals surface area contributed by atoms with Crippen LogP contribution in [0.5, 0.6) is 5.75 Å². The number of pyridine rings is 1. The van der Waals surface area contributed by atoms with Crippen LogP contribution in [0.25, 0.3) is 11.1 Å². The average Bonchev–Trinajstić information content (AvgIpc) is 2.61. The summed E-state index contributed by atoms with van der Waals surface area (Å²) in [6.45, 7) is 2.09. The Labute approximate surface area is 154 Å². The number of nitrogens with one attached hydrogen (secondary N) is 1. The summed E-state index contributed by atoms with van der Waals surface area (Å²) in [5.41, 5.74) is 3.55. The van der Waals surface area contributed by atoms with E-state index < -0.39 is 17.7 Å². The largest absolute Gasteiger partial charge is 0.489 e. The molecule has 1 atom stereocenters. The molecule has 4 rings (SSSR count). The zero-order chi connectivity index (χ0) is 18.3. The fourth-order valence-corrected chi connectivity index (χ4v) is 3.37. The number of aryl methyl sites for hydroxylation is 1. The van der Waals surface area contributed by atoms with Crippen LogP contribution in [0.4, 0.5) is 14.5 Å². The highest BCUT2D eigenvalue weighted by atomic mass is 35.5. The third-order valence-electron chi connectivity index (χ3n) is 4.45. The van der Waals surface area contributed by atoms with Crippen LogP contribution in [0.2, 0.25) is 5.15 Å². The first-order valence-corrected chi connectivity index (χ1v) is 8.50. The highest BCUT2D eigenvalue weighted by Gasteiger charge is 2.26. The van der Waals surface area contributed by atoms with Gasteiger partial charge in [0.15, 0.2) is 0 Å². The van der Waals surface area contributed by atoms with Gasteiger partial charge in [0.25, 0.3) is 0 Å². The third kappa shape index (κ3) is 2.99. The quantitative estimate of drug-likeness (QED) is 0.600. The number of halogens is 3. The molecular weight excluding hydrogens is 358 g/mol. The Morgan fingerprint density at radius 3 is 2.65 bits per heavy atom. The SMILES string of the molecule is Cc1cc(Cl)ncc1-c1ccc2c(c1)OCC(c1c(F)cccc1F)N2. The van der Waals surface area contributed by atoms with Gasteiger partial charge < -0.3 is 10.1 Å². The van der Waals surface area contributed by atoms with Crippen molar-refractivity contribution in [2.24, 2.45) is 0 Å². The lowest BCUT2D eigenvalue weighted by atomic mass is 10.0. The van der Waals surface area contributed by atoms with E-state index in [1.54, 1.807) is 12.3 Å². The molecule has 3 aromatic rings. The van der Waals surface area contributed by atoms with E-state index in [0.717, 1.165) is 16.7 Å². The summed E-state index contributed by atoms with van der Waals surface area (Å²) in [5, 5.41) is 3.60. The van der Waals surface area contributed by atoms with Crippen molar-refractivity contribution in [1.82, 2.24) is 4.98 Å². The minimum Gasteiger partial charge on any atom is -0.489 e. The van der Waals surface area contributed by atoms with E-state index in [1.807, 2.05) is 25.1 Å². The topological polar surface area (TPSA) is 34.1 Å². The Hall–Kier alpha value is -2.66. The molecule has 2 heterocycles. The molecule has 1 N–H and O–H groups in total. The first kappa shape index (κ1) is 16.8. The van der Waals surface area contributed by atoms with Crippen molar-refractivity contribution in [1.29, 1.82) is 0 Å². The molecule has 3 nitrogen and oxygen atoms in total. The number of anilines is 1. The highest BCUT2D eigenvalue weighted by Crippen LogP contribution is 2.38. The maximum atomic E-state index is 14.0. The Bertz CT molecular complexity index is 973. The van der Waals surface area contributed by atoms with Gasteiger partial charge in [-0.15, -0.1) is 0 Å². The summed E-state index contributed by atoms with van der Waals surface area (Å²) in [6, 6.07) is 10.7. The van der Waals surface area contributed by atoms with E-state index >= 15 is 0 Å². The van der Waals surface area contributed by atoms with Gasteiger partial charge in [-0.2, -0.15) is 0 Å². The molecule has 0 radical (unpaired) electrons. The number of rotatable bonds is 2. The zero-order valence-corrected chi connectivity index (χ0v) is 14.6. The lowest BCUT2D eigenvalue weighted by molar-refractivity contribution is 0.280. The monoisotopic (exact) mass is 372 g/mol. The van der Waals surface area contributed by atoms with Crippen molar-refractivity contribution in [3.63, 3.8) is 0 Å². The highest BCUT2D eigenvalue weighted by molar-refractivity contribution is 6.29. The number of hydrogen-bond donors (Lipinski definition) is 1. The minimum absolute atomic E-state index is 0.0139. The number of ether oxygens (including phenoxy) is 1. The molecule has 0 saturated carbocycles. The molecule has 1 aliphatic rings. The second-order valence-electron chi connectivity index (χ2n) is 6.18. The van der Waals surface area contributed by atoms with Crippen LogP contribution in [0.3, 0.4) is 0 Å². The number of hydrogen-bond acceptors (Lipinski definition) is 3. The Morgan fingerprint density at radius 2 is 1.92 bits per heavy atom. The van der Waals surface area contributed by atoms with Crippen LogP contribution in [0.1, 0.15) is 17.2 Å². The number of fused-ring (bicyclic) bond motifs is 1. The lowest BCUT2D eigenvalue weighted by Gasteiger charge is -2.28. The van der Waals surface area contributed by atoms with Gasteiger partial charge in [-0.1, -0.05) is 23.7 Å². The van der Waals surface area contributed by atoms with Gasteiger partial charge in [-0.25, -0.2) is 13.8 Å². The predicted molar refractivity (Wildman–Crippen MR) is 97.6 cm³/mol. The molecule has 2 aromatic carbocycles. The summed E-state index contributed by atoms with van der Waals surface area (Å²) in [7, 11) is 0. The molecule has 0 bridgehead atoms. The normalized spacial score (nSPS) is 15.8. The van der Waals surface area contributed by atoms with E-state index in [9.17, 15) is 8.78 Å². The van der Waals surface area contributed by atoms with Crippen LogP contribution in [-0.4, -0.2) is 11.6 Å². The van der Waals surface area contributed by atoms with Gasteiger partial charge in [0, 0.05) is 17.3 Å². The van der Waals surface area contributed by atoms with Gasteiger partial charge in [-0.05, 0) is 48.4 Å². The molecule has 0 spiro atoms. The second kappa shape index (κ2) is 6.57. The van der Waals surface area contributed by atoms with Crippen LogP contribution in [0, 0.1) is 18.6 Å². The molecule has 0 aliphatic carbocycles. The molecular formula is C20H15ClF2N2O. The third-order valence-corrected chi connectivity index (χ3v) is 4.66. The number of nitrogens with zero attached hydrogens (tertiary/aromatic N) is 1. The summed E-state index contributed by atoms with van der Waals surface area (Å²) in [5.74, 6) is -0.548. The van der Waals surface area contributed by atoms with Crippen molar-refractivity contribution in [3.8, 4) is 16.9 Å². The summed E-state index contributed by atoms with van der Waals surface area (Å²) in [4.78, 5) is 4.13. The smallest absolute Gasteiger partial charge is 0.143 e. The molecule has 0 amide bonds. The molecule has 1 aliphatic heterocycles. The summed E-state index contributed by atoms with van der Waals surface area (Å²) < 4.78 is 33.8. The Balaban J connectivity index is 1.66. The molecule has 0 saturated heterocycles. The number of aromatic nitrogens is 1. The molecule has 1 aromatic heterocycles. The fraction of sp³-hybridized carbons (Fsp3) is 0.150. The molecule has 0 fully saturated rings. The fourth-order valence-electron chi connectivity index (χ4n) is 3.15. The minimum atomic E-state index is -0.589. The maximum Gasteiger partial charge on any atom is 0.143 e. The number of benzene rings is 2. The first-order valence-electron chi connectivity index (χ1n) is 8.13. The molecule has 26 heavy (non-hydrogen) atoms. The van der Waals surface area contributed by atoms with E-state index in [2.05, 4.69) is 10.3 Å². The molecule has 132 valence electrons. The maximum absolute atomic E-state index is 14.0. The van der Waals surface area contributed by atoms with Crippen LogP contribution in [0.15, 0.2) is 48.7 Å². The van der Waals surface area contributed by atoms with Crippen LogP contribution < -0.4 is 10.1 Å². The van der Waals surface area contributed by atoms with Crippen molar-refractivity contribution >= 4 is 17.3 Å². The van der Waals surface area contributed by atoms with E-state index in [1.165, 1.54) is 18.2 Å². The zero-order valence-electron chi connectivity index (χ0n) is 13.9. The van der Waals surface area contributed by atoms with Gasteiger partial charge in [0.05, 0.1) is 11.7 Å². The van der Waals surface area contributed by atoms with Crippen molar-refractivity contribution < 1.29 is 13.5 Å². The Kier molecular flexibility index (Phi) is 4.24. The van der Waals surface area contributed by atoms with E-state index in [0.29, 0.717) is 16.6 Å². The van der Waals surface area contributed by atoms with Gasteiger partial charge in [0.2, 0.25) is 0 Å². The van der Waals surface area contributed by atoms with Crippen molar-refractivity contribution in [3.05, 3.63) is 76.6 Å². The van der Waals surface area contributed by atoms with Gasteiger partial charge >= 0.3 is 0 Å². The van der Waals surface area contributed by atoms with Gasteiger partial charge in [0.1, 0.15) is 29.1 Å². The van der Waals surface area contributed by atoms with E-state index in [4.69, 9.17) is 16.3 Å². The first-order chi connectivity index (χ1) is 12.5. The standard InChI is InChI=1S/C20H15ClF2N2O/c1-11-7-19(21)24-9-13(11)12-5-6-16-18(8-12)26-10-17(25-16)20-14(22)3-2-4-15(20)23/h2-9,17,25H,10H2,1H3. The molecule has 6 heteroatoms. The Morgan fingerprint density at radius 1 is 1.15 bits per heavy atom.